The van der Waals surface area contributed by atoms with Crippen LogP contribution in [0.15, 0.2) is 52.5 Å². The van der Waals surface area contributed by atoms with Crippen LogP contribution in [0.25, 0.3) is 6.08 Å². The van der Waals surface area contributed by atoms with Crippen molar-refractivity contribution in [3.63, 3.8) is 0 Å². The van der Waals surface area contributed by atoms with Crippen molar-refractivity contribution in [3.8, 4) is 5.75 Å². The molecule has 0 fully saturated rings. The van der Waals surface area contributed by atoms with Gasteiger partial charge in [0, 0.05) is 30.2 Å². The molecule has 0 atom stereocenters. The Kier molecular flexibility index (Phi) is 5.74. The number of halogens is 1. The number of ether oxygens (including phenoxy) is 1. The Bertz CT molecular complexity index is 703. The molecular formula is C17H19IN2OS. The van der Waals surface area contributed by atoms with Crippen molar-refractivity contribution in [2.75, 3.05) is 19.1 Å². The number of aromatic nitrogens is 1. The molecule has 0 bridgehead atoms. The Morgan fingerprint density at radius 2 is 2.09 bits per heavy atom. The zero-order valence-corrected chi connectivity index (χ0v) is 15.9. The third kappa shape index (κ3) is 3.25. The number of fused-ring (bicyclic) bond motifs is 1. The number of nitrogens with zero attached hydrogens (tertiary/aromatic N) is 2. The molecule has 0 saturated heterocycles. The summed E-state index contributed by atoms with van der Waals surface area (Å²) in [5.74, 6) is 0.902. The Morgan fingerprint density at radius 1 is 1.27 bits per heavy atom. The molecule has 0 unspecified atom stereocenters. The highest BCUT2D eigenvalue weighted by Crippen LogP contribution is 2.46. The van der Waals surface area contributed by atoms with Crippen LogP contribution >= 0.6 is 11.8 Å². The highest BCUT2D eigenvalue weighted by molar-refractivity contribution is 8.03. The first kappa shape index (κ1) is 17.1. The lowest BCUT2D eigenvalue weighted by atomic mass is 10.2. The van der Waals surface area contributed by atoms with Gasteiger partial charge in [-0.05, 0) is 31.2 Å². The number of methoxy groups -OCH3 is 1. The third-order valence-corrected chi connectivity index (χ3v) is 4.81. The van der Waals surface area contributed by atoms with Gasteiger partial charge in [0.05, 0.1) is 17.8 Å². The molecule has 1 aromatic carbocycles. The second-order valence-electron chi connectivity index (χ2n) is 4.89. The molecule has 116 valence electrons. The van der Waals surface area contributed by atoms with Crippen LogP contribution < -0.4 is 38.2 Å². The number of thioether (sulfide) groups is 1. The number of hydrogen-bond acceptors (Lipinski definition) is 3. The van der Waals surface area contributed by atoms with Crippen LogP contribution in [0.2, 0.25) is 0 Å². The van der Waals surface area contributed by atoms with E-state index >= 15 is 0 Å². The zero-order valence-electron chi connectivity index (χ0n) is 12.9. The summed E-state index contributed by atoms with van der Waals surface area (Å²) in [6.45, 7) is 3.13. The summed E-state index contributed by atoms with van der Waals surface area (Å²) < 4.78 is 7.55. The van der Waals surface area contributed by atoms with E-state index in [1.165, 1.54) is 21.3 Å². The SMILES string of the molecule is CC[n+]1ccccc1/C=C1\Sc2cc(OC)ccc2N1C.[I-]. The Hall–Kier alpha value is -1.21. The normalized spacial score (nSPS) is 14.7. The molecule has 3 nitrogen and oxygen atoms in total. The number of hydrogen-bond donors (Lipinski definition) is 0. The maximum absolute atomic E-state index is 5.31. The van der Waals surface area contributed by atoms with Gasteiger partial charge in [0.15, 0.2) is 6.20 Å². The average Bonchev–Trinajstić information content (AvgIpc) is 2.83. The lowest BCUT2D eigenvalue weighted by molar-refractivity contribution is -0.695. The Morgan fingerprint density at radius 3 is 2.82 bits per heavy atom. The molecule has 0 amide bonds. The van der Waals surface area contributed by atoms with E-state index in [4.69, 9.17) is 4.74 Å². The first-order valence-corrected chi connectivity index (χ1v) is 7.84. The van der Waals surface area contributed by atoms with Gasteiger partial charge >= 0.3 is 0 Å². The van der Waals surface area contributed by atoms with Crippen molar-refractivity contribution < 1.29 is 33.3 Å². The van der Waals surface area contributed by atoms with E-state index in [-0.39, 0.29) is 24.0 Å². The van der Waals surface area contributed by atoms with Crippen LogP contribution in [0.4, 0.5) is 5.69 Å². The standard InChI is InChI=1S/C17H19N2OS.HI/c1-4-19-10-6-5-7-13(19)11-17-18(2)15-9-8-14(20-3)12-16(15)21-17;/h5-12H,4H2,1-3H3;1H/q+1;/p-1. The number of anilines is 1. The van der Waals surface area contributed by atoms with Crippen molar-refractivity contribution in [3.05, 3.63) is 53.3 Å². The second kappa shape index (κ2) is 7.37. The molecule has 3 rings (SSSR count). The lowest BCUT2D eigenvalue weighted by Gasteiger charge is -2.13. The lowest BCUT2D eigenvalue weighted by Crippen LogP contribution is -3.00. The summed E-state index contributed by atoms with van der Waals surface area (Å²) >= 11 is 1.78. The third-order valence-electron chi connectivity index (χ3n) is 3.66. The number of benzene rings is 1. The van der Waals surface area contributed by atoms with Crippen LogP contribution in [0, 0.1) is 0 Å². The second-order valence-corrected chi connectivity index (χ2v) is 5.95. The van der Waals surface area contributed by atoms with Gasteiger partial charge in [-0.1, -0.05) is 11.8 Å². The minimum atomic E-state index is 0. The van der Waals surface area contributed by atoms with E-state index in [0.29, 0.717) is 0 Å². The van der Waals surface area contributed by atoms with Gasteiger partial charge < -0.3 is 33.6 Å². The summed E-state index contributed by atoms with van der Waals surface area (Å²) in [4.78, 5) is 3.47. The summed E-state index contributed by atoms with van der Waals surface area (Å²) in [5, 5.41) is 1.23. The predicted molar refractivity (Wildman–Crippen MR) is 87.5 cm³/mol. The number of pyridine rings is 1. The minimum absolute atomic E-state index is 0. The fourth-order valence-corrected chi connectivity index (χ4v) is 3.57. The van der Waals surface area contributed by atoms with E-state index in [2.05, 4.69) is 66.0 Å². The van der Waals surface area contributed by atoms with Crippen molar-refractivity contribution in [2.24, 2.45) is 0 Å². The van der Waals surface area contributed by atoms with Crippen LogP contribution in [0.5, 0.6) is 5.75 Å². The van der Waals surface area contributed by atoms with Crippen LogP contribution in [0.3, 0.4) is 0 Å². The molecule has 22 heavy (non-hydrogen) atoms. The molecule has 0 spiro atoms. The fraction of sp³-hybridized carbons (Fsp3) is 0.235. The Labute approximate surface area is 153 Å². The van der Waals surface area contributed by atoms with E-state index in [1.54, 1.807) is 18.9 Å². The summed E-state index contributed by atoms with van der Waals surface area (Å²) in [7, 11) is 3.81. The first-order chi connectivity index (χ1) is 10.2. The molecular weight excluding hydrogens is 407 g/mol. The molecule has 1 aliphatic heterocycles. The molecule has 0 aliphatic carbocycles. The van der Waals surface area contributed by atoms with E-state index < -0.39 is 0 Å². The zero-order chi connectivity index (χ0) is 14.8. The van der Waals surface area contributed by atoms with E-state index in [9.17, 15) is 0 Å². The summed E-state index contributed by atoms with van der Waals surface area (Å²) in [5.41, 5.74) is 2.44. The highest BCUT2D eigenvalue weighted by atomic mass is 127. The van der Waals surface area contributed by atoms with Crippen molar-refractivity contribution in [1.82, 2.24) is 0 Å². The van der Waals surface area contributed by atoms with Crippen LogP contribution in [-0.2, 0) is 6.54 Å². The van der Waals surface area contributed by atoms with Crippen LogP contribution in [-0.4, -0.2) is 14.2 Å². The maximum atomic E-state index is 5.31. The predicted octanol–water partition coefficient (Wildman–Crippen LogP) is 0.547. The Balaban J connectivity index is 0.00000176. The average molecular weight is 426 g/mol. The molecule has 5 heteroatoms. The van der Waals surface area contributed by atoms with Crippen molar-refractivity contribution in [2.45, 2.75) is 18.4 Å². The molecule has 0 saturated carbocycles. The van der Waals surface area contributed by atoms with Gasteiger partial charge in [-0.25, -0.2) is 0 Å². The van der Waals surface area contributed by atoms with Gasteiger partial charge in [-0.2, -0.15) is 4.57 Å². The summed E-state index contributed by atoms with van der Waals surface area (Å²) in [6.07, 6.45) is 4.35. The van der Waals surface area contributed by atoms with E-state index in [0.717, 1.165) is 12.3 Å². The smallest absolute Gasteiger partial charge is 0.207 e. The van der Waals surface area contributed by atoms with Crippen molar-refractivity contribution in [1.29, 1.82) is 0 Å². The highest BCUT2D eigenvalue weighted by Gasteiger charge is 2.23. The molecule has 0 radical (unpaired) electrons. The number of aryl methyl sites for hydroxylation is 1. The largest absolute Gasteiger partial charge is 1.00 e. The van der Waals surface area contributed by atoms with Gasteiger partial charge in [0.25, 0.3) is 0 Å². The van der Waals surface area contributed by atoms with Crippen molar-refractivity contribution >= 4 is 23.5 Å². The van der Waals surface area contributed by atoms with Gasteiger partial charge in [0.1, 0.15) is 12.3 Å². The van der Waals surface area contributed by atoms with Gasteiger partial charge in [0.2, 0.25) is 5.69 Å². The monoisotopic (exact) mass is 426 g/mol. The molecule has 2 aromatic rings. The maximum Gasteiger partial charge on any atom is 0.207 e. The number of rotatable bonds is 3. The molecule has 0 N–H and O–H groups in total. The molecule has 1 aliphatic rings. The molecule has 1 aromatic heterocycles. The van der Waals surface area contributed by atoms with Crippen LogP contribution in [0.1, 0.15) is 12.6 Å². The van der Waals surface area contributed by atoms with E-state index in [1.807, 2.05) is 6.07 Å². The fourth-order valence-electron chi connectivity index (χ4n) is 2.44. The molecule has 2 heterocycles. The van der Waals surface area contributed by atoms with Gasteiger partial charge in [-0.15, -0.1) is 0 Å². The first-order valence-electron chi connectivity index (χ1n) is 7.02. The quantitative estimate of drug-likeness (QED) is 0.527. The minimum Gasteiger partial charge on any atom is -1.00 e. The van der Waals surface area contributed by atoms with Gasteiger partial charge in [-0.3, -0.25) is 0 Å². The summed E-state index contributed by atoms with van der Waals surface area (Å²) in [6, 6.07) is 12.5. The topological polar surface area (TPSA) is 16.4 Å².